The lowest BCUT2D eigenvalue weighted by molar-refractivity contribution is 0.140. The van der Waals surface area contributed by atoms with Crippen molar-refractivity contribution in [1.29, 1.82) is 0 Å². The molecule has 0 heterocycles. The first kappa shape index (κ1) is 16.4. The third-order valence-electron chi connectivity index (χ3n) is 2.74. The van der Waals surface area contributed by atoms with Gasteiger partial charge in [0.2, 0.25) is 10.0 Å². The van der Waals surface area contributed by atoms with E-state index in [1.54, 1.807) is 7.05 Å². The Morgan fingerprint density at radius 2 is 1.89 bits per heavy atom. The summed E-state index contributed by atoms with van der Waals surface area (Å²) in [6.07, 6.45) is 0.524. The lowest BCUT2D eigenvalue weighted by Crippen LogP contribution is -2.33. The SMILES string of the molecule is CN(CCOCCCl)S(=O)(=O)CCc1ccccc1. The Balaban J connectivity index is 2.38. The Morgan fingerprint density at radius 3 is 2.53 bits per heavy atom. The average molecular weight is 306 g/mol. The number of alkyl halides is 1. The quantitative estimate of drug-likeness (QED) is 0.516. The summed E-state index contributed by atoms with van der Waals surface area (Å²) in [5.41, 5.74) is 1.03. The molecule has 0 amide bonds. The van der Waals surface area contributed by atoms with Crippen molar-refractivity contribution in [3.8, 4) is 0 Å². The summed E-state index contributed by atoms with van der Waals surface area (Å²) >= 11 is 5.47. The second-order valence-corrected chi connectivity index (χ2v) is 6.75. The maximum Gasteiger partial charge on any atom is 0.214 e. The third kappa shape index (κ3) is 6.38. The number of ether oxygens (including phenoxy) is 1. The van der Waals surface area contributed by atoms with E-state index in [0.29, 0.717) is 32.1 Å². The molecule has 4 nitrogen and oxygen atoms in total. The Labute approximate surface area is 120 Å². The summed E-state index contributed by atoms with van der Waals surface area (Å²) in [5.74, 6) is 0.535. The third-order valence-corrected chi connectivity index (χ3v) is 4.75. The predicted octanol–water partition coefficient (Wildman–Crippen LogP) is 1.75. The molecule has 1 aromatic carbocycles. The summed E-state index contributed by atoms with van der Waals surface area (Å²) in [6, 6.07) is 9.59. The summed E-state index contributed by atoms with van der Waals surface area (Å²) in [4.78, 5) is 0. The molecule has 0 saturated carbocycles. The minimum atomic E-state index is -3.23. The maximum absolute atomic E-state index is 12.0. The summed E-state index contributed by atoms with van der Waals surface area (Å²) in [5, 5.41) is 0. The van der Waals surface area contributed by atoms with Crippen LogP contribution in [0.1, 0.15) is 5.56 Å². The van der Waals surface area contributed by atoms with Gasteiger partial charge in [-0.2, -0.15) is 0 Å². The topological polar surface area (TPSA) is 46.6 Å². The van der Waals surface area contributed by atoms with Crippen LogP contribution in [0.15, 0.2) is 30.3 Å². The van der Waals surface area contributed by atoms with Crippen molar-refractivity contribution in [2.24, 2.45) is 0 Å². The molecule has 0 bridgehead atoms. The molecule has 0 aromatic heterocycles. The molecule has 0 spiro atoms. The molecular formula is C13H20ClNO3S. The van der Waals surface area contributed by atoms with Gasteiger partial charge >= 0.3 is 0 Å². The zero-order valence-electron chi connectivity index (χ0n) is 11.1. The van der Waals surface area contributed by atoms with Crippen LogP contribution in [0.4, 0.5) is 0 Å². The molecule has 0 fully saturated rings. The van der Waals surface area contributed by atoms with Gasteiger partial charge in [-0.15, -0.1) is 11.6 Å². The van der Waals surface area contributed by atoms with Crippen LogP contribution in [0.3, 0.4) is 0 Å². The second kappa shape index (κ2) is 8.53. The molecule has 0 N–H and O–H groups in total. The first-order valence-electron chi connectivity index (χ1n) is 6.18. The van der Waals surface area contributed by atoms with E-state index >= 15 is 0 Å². The molecule has 0 aliphatic rings. The zero-order valence-corrected chi connectivity index (χ0v) is 12.7. The van der Waals surface area contributed by atoms with E-state index in [1.165, 1.54) is 4.31 Å². The van der Waals surface area contributed by atoms with Crippen molar-refractivity contribution in [1.82, 2.24) is 4.31 Å². The number of hydrogen-bond donors (Lipinski definition) is 0. The molecule has 108 valence electrons. The van der Waals surface area contributed by atoms with Crippen LogP contribution in [0.5, 0.6) is 0 Å². The molecule has 0 saturated heterocycles. The first-order chi connectivity index (χ1) is 9.06. The van der Waals surface area contributed by atoms with Gasteiger partial charge in [-0.25, -0.2) is 12.7 Å². The van der Waals surface area contributed by atoms with Gasteiger partial charge in [-0.1, -0.05) is 30.3 Å². The number of nitrogens with zero attached hydrogens (tertiary/aromatic N) is 1. The van der Waals surface area contributed by atoms with Gasteiger partial charge < -0.3 is 4.74 Å². The first-order valence-corrected chi connectivity index (χ1v) is 8.32. The lowest BCUT2D eigenvalue weighted by Gasteiger charge is -2.17. The fourth-order valence-corrected chi connectivity index (χ4v) is 2.80. The molecule has 1 aromatic rings. The van der Waals surface area contributed by atoms with Crippen LogP contribution >= 0.6 is 11.6 Å². The van der Waals surface area contributed by atoms with Crippen molar-refractivity contribution in [2.75, 3.05) is 38.4 Å². The number of rotatable bonds is 9. The second-order valence-electron chi connectivity index (χ2n) is 4.17. The lowest BCUT2D eigenvalue weighted by atomic mass is 10.2. The van der Waals surface area contributed by atoms with E-state index in [4.69, 9.17) is 16.3 Å². The van der Waals surface area contributed by atoms with Gasteiger partial charge in [0.1, 0.15) is 0 Å². The molecule has 0 atom stereocenters. The van der Waals surface area contributed by atoms with Crippen LogP contribution in [0.2, 0.25) is 0 Å². The van der Waals surface area contributed by atoms with Crippen LogP contribution in [0.25, 0.3) is 0 Å². The molecular weight excluding hydrogens is 286 g/mol. The van der Waals surface area contributed by atoms with E-state index in [9.17, 15) is 8.42 Å². The Morgan fingerprint density at radius 1 is 1.21 bits per heavy atom. The van der Waals surface area contributed by atoms with E-state index in [2.05, 4.69) is 0 Å². The van der Waals surface area contributed by atoms with E-state index in [-0.39, 0.29) is 5.75 Å². The predicted molar refractivity (Wildman–Crippen MR) is 78.1 cm³/mol. The van der Waals surface area contributed by atoms with Gasteiger partial charge in [-0.05, 0) is 12.0 Å². The van der Waals surface area contributed by atoms with Crippen molar-refractivity contribution in [2.45, 2.75) is 6.42 Å². The fraction of sp³-hybridized carbons (Fsp3) is 0.538. The smallest absolute Gasteiger partial charge is 0.214 e. The molecule has 0 radical (unpaired) electrons. The van der Waals surface area contributed by atoms with Gasteiger partial charge in [0.25, 0.3) is 0 Å². The highest BCUT2D eigenvalue weighted by Crippen LogP contribution is 2.05. The number of hydrogen-bond acceptors (Lipinski definition) is 3. The van der Waals surface area contributed by atoms with Crippen molar-refractivity contribution in [3.05, 3.63) is 35.9 Å². The van der Waals surface area contributed by atoms with Crippen LogP contribution in [-0.2, 0) is 21.2 Å². The fourth-order valence-electron chi connectivity index (χ4n) is 1.54. The summed E-state index contributed by atoms with van der Waals surface area (Å²) in [7, 11) is -1.65. The minimum absolute atomic E-state index is 0.114. The van der Waals surface area contributed by atoms with E-state index in [1.807, 2.05) is 30.3 Å². The van der Waals surface area contributed by atoms with Crippen LogP contribution in [-0.4, -0.2) is 51.2 Å². The van der Waals surface area contributed by atoms with Gasteiger partial charge in [0.05, 0.1) is 19.0 Å². The molecule has 0 unspecified atom stereocenters. The average Bonchev–Trinajstić information content (AvgIpc) is 2.42. The van der Waals surface area contributed by atoms with Crippen LogP contribution in [0, 0.1) is 0 Å². The van der Waals surface area contributed by atoms with Gasteiger partial charge in [0, 0.05) is 19.5 Å². The number of benzene rings is 1. The standard InChI is InChI=1S/C13H20ClNO3S/c1-15(9-11-18-10-8-14)19(16,17)12-7-13-5-3-2-4-6-13/h2-6H,7-12H2,1H3. The van der Waals surface area contributed by atoms with E-state index < -0.39 is 10.0 Å². The van der Waals surface area contributed by atoms with E-state index in [0.717, 1.165) is 5.56 Å². The highest BCUT2D eigenvalue weighted by atomic mass is 35.5. The number of sulfonamides is 1. The number of aryl methyl sites for hydroxylation is 1. The molecule has 0 aliphatic carbocycles. The van der Waals surface area contributed by atoms with Crippen LogP contribution < -0.4 is 0 Å². The van der Waals surface area contributed by atoms with Crippen molar-refractivity contribution in [3.63, 3.8) is 0 Å². The largest absolute Gasteiger partial charge is 0.379 e. The molecule has 0 aliphatic heterocycles. The normalized spacial score (nSPS) is 11.9. The summed E-state index contributed by atoms with van der Waals surface area (Å²) in [6.45, 7) is 1.17. The molecule has 6 heteroatoms. The van der Waals surface area contributed by atoms with Crippen molar-refractivity contribution >= 4 is 21.6 Å². The highest BCUT2D eigenvalue weighted by Gasteiger charge is 2.17. The Bertz CT molecular complexity index is 450. The molecule has 1 rings (SSSR count). The van der Waals surface area contributed by atoms with Crippen molar-refractivity contribution < 1.29 is 13.2 Å². The Kier molecular flexibility index (Phi) is 7.38. The highest BCUT2D eigenvalue weighted by molar-refractivity contribution is 7.89. The Hall–Kier alpha value is -0.620. The monoisotopic (exact) mass is 305 g/mol. The minimum Gasteiger partial charge on any atom is -0.379 e. The number of halogens is 1. The number of likely N-dealkylation sites (N-methyl/N-ethyl adjacent to an activating group) is 1. The summed E-state index contributed by atoms with van der Waals surface area (Å²) < 4.78 is 30.5. The van der Waals surface area contributed by atoms with Gasteiger partial charge in [-0.3, -0.25) is 0 Å². The zero-order chi connectivity index (χ0) is 14.1. The van der Waals surface area contributed by atoms with Gasteiger partial charge in [0.15, 0.2) is 0 Å². The molecule has 19 heavy (non-hydrogen) atoms. The maximum atomic E-state index is 12.0.